The molecule has 5 nitrogen and oxygen atoms in total. The van der Waals surface area contributed by atoms with Crippen molar-refractivity contribution in [2.45, 2.75) is 24.9 Å². The molecule has 0 aliphatic heterocycles. The molecule has 2 rings (SSSR count). The van der Waals surface area contributed by atoms with Crippen molar-refractivity contribution < 1.29 is 4.74 Å². The van der Waals surface area contributed by atoms with Crippen molar-refractivity contribution in [2.75, 3.05) is 18.1 Å². The van der Waals surface area contributed by atoms with Crippen LogP contribution in [0.4, 0.5) is 5.69 Å². The molecular formula is C15H19N3O2S. The van der Waals surface area contributed by atoms with Gasteiger partial charge in [-0.05, 0) is 30.7 Å². The van der Waals surface area contributed by atoms with Gasteiger partial charge in [0.2, 0.25) is 0 Å². The van der Waals surface area contributed by atoms with Gasteiger partial charge in [0.1, 0.15) is 5.75 Å². The number of rotatable bonds is 7. The first kappa shape index (κ1) is 15.4. The summed E-state index contributed by atoms with van der Waals surface area (Å²) >= 11 is 1.48. The first-order valence-corrected chi connectivity index (χ1v) is 7.87. The van der Waals surface area contributed by atoms with Crippen LogP contribution in [0.25, 0.3) is 0 Å². The predicted molar refractivity (Wildman–Crippen MR) is 85.9 cm³/mol. The summed E-state index contributed by atoms with van der Waals surface area (Å²) in [7, 11) is 0. The van der Waals surface area contributed by atoms with Gasteiger partial charge in [-0.1, -0.05) is 25.1 Å². The lowest BCUT2D eigenvalue weighted by atomic mass is 10.2. The fraction of sp³-hybridized carbons (Fsp3) is 0.333. The summed E-state index contributed by atoms with van der Waals surface area (Å²) in [5, 5.41) is 0.645. The van der Waals surface area contributed by atoms with E-state index in [2.05, 4.69) is 16.9 Å². The standard InChI is InChI=1S/C15H19N3O2S/c1-2-3-12-10-14(19)18-15(17-12)21-9-8-20-13-6-4-11(16)5-7-13/h4-7,10H,2-3,8-9,16H2,1H3,(H,17,18,19). The highest BCUT2D eigenvalue weighted by molar-refractivity contribution is 7.99. The van der Waals surface area contributed by atoms with Crippen LogP contribution in [0.1, 0.15) is 19.0 Å². The van der Waals surface area contributed by atoms with Crippen LogP contribution in [0.3, 0.4) is 0 Å². The van der Waals surface area contributed by atoms with Gasteiger partial charge >= 0.3 is 0 Å². The third kappa shape index (κ3) is 5.15. The maximum Gasteiger partial charge on any atom is 0.251 e. The van der Waals surface area contributed by atoms with Crippen molar-refractivity contribution >= 4 is 17.4 Å². The number of H-pyrrole nitrogens is 1. The smallest absolute Gasteiger partial charge is 0.251 e. The summed E-state index contributed by atoms with van der Waals surface area (Å²) in [6.45, 7) is 2.60. The zero-order chi connectivity index (χ0) is 15.1. The van der Waals surface area contributed by atoms with Crippen LogP contribution in [-0.2, 0) is 6.42 Å². The molecule has 0 atom stereocenters. The Balaban J connectivity index is 1.83. The van der Waals surface area contributed by atoms with E-state index >= 15 is 0 Å². The number of ether oxygens (including phenoxy) is 1. The second kappa shape index (κ2) is 7.73. The largest absolute Gasteiger partial charge is 0.493 e. The molecule has 0 aliphatic rings. The highest BCUT2D eigenvalue weighted by atomic mass is 32.2. The molecule has 21 heavy (non-hydrogen) atoms. The number of nitrogens with zero attached hydrogens (tertiary/aromatic N) is 1. The van der Waals surface area contributed by atoms with Crippen LogP contribution in [0.2, 0.25) is 0 Å². The summed E-state index contributed by atoms with van der Waals surface area (Å²) in [5.74, 6) is 1.49. The molecule has 0 aliphatic carbocycles. The van der Waals surface area contributed by atoms with E-state index in [1.54, 1.807) is 18.2 Å². The van der Waals surface area contributed by atoms with Gasteiger partial charge in [-0.2, -0.15) is 0 Å². The van der Waals surface area contributed by atoms with Crippen molar-refractivity contribution in [3.05, 3.63) is 46.4 Å². The van der Waals surface area contributed by atoms with Gasteiger partial charge in [-0.15, -0.1) is 0 Å². The fourth-order valence-corrected chi connectivity index (χ4v) is 2.51. The summed E-state index contributed by atoms with van der Waals surface area (Å²) in [6.07, 6.45) is 1.79. The topological polar surface area (TPSA) is 81.0 Å². The molecule has 1 heterocycles. The normalized spacial score (nSPS) is 10.5. The van der Waals surface area contributed by atoms with Gasteiger partial charge in [-0.25, -0.2) is 4.98 Å². The second-order valence-corrected chi connectivity index (χ2v) is 5.64. The Morgan fingerprint density at radius 1 is 1.33 bits per heavy atom. The van der Waals surface area contributed by atoms with Crippen molar-refractivity contribution in [3.63, 3.8) is 0 Å². The number of nitrogen functional groups attached to an aromatic ring is 1. The van der Waals surface area contributed by atoms with Crippen molar-refractivity contribution in [1.29, 1.82) is 0 Å². The Hall–Kier alpha value is -1.95. The van der Waals surface area contributed by atoms with Crippen molar-refractivity contribution in [2.24, 2.45) is 0 Å². The van der Waals surface area contributed by atoms with E-state index in [4.69, 9.17) is 10.5 Å². The van der Waals surface area contributed by atoms with Crippen LogP contribution in [-0.4, -0.2) is 22.3 Å². The number of thioether (sulfide) groups is 1. The van der Waals surface area contributed by atoms with Crippen LogP contribution in [0, 0.1) is 0 Å². The van der Waals surface area contributed by atoms with Crippen LogP contribution in [0.5, 0.6) is 5.75 Å². The number of aromatic nitrogens is 2. The van der Waals surface area contributed by atoms with E-state index in [0.717, 1.165) is 24.3 Å². The minimum Gasteiger partial charge on any atom is -0.493 e. The van der Waals surface area contributed by atoms with Crippen molar-refractivity contribution in [1.82, 2.24) is 9.97 Å². The molecule has 3 N–H and O–H groups in total. The maximum absolute atomic E-state index is 11.5. The second-order valence-electron chi connectivity index (χ2n) is 4.56. The van der Waals surface area contributed by atoms with Gasteiger partial charge in [0.15, 0.2) is 5.16 Å². The van der Waals surface area contributed by atoms with Crippen LogP contribution in [0.15, 0.2) is 40.3 Å². The van der Waals surface area contributed by atoms with E-state index in [1.165, 1.54) is 11.8 Å². The number of anilines is 1. The Kier molecular flexibility index (Phi) is 5.68. The van der Waals surface area contributed by atoms with E-state index in [9.17, 15) is 4.79 Å². The molecule has 112 valence electrons. The molecule has 0 radical (unpaired) electrons. The van der Waals surface area contributed by atoms with E-state index < -0.39 is 0 Å². The number of hydrogen-bond donors (Lipinski definition) is 2. The fourth-order valence-electron chi connectivity index (χ4n) is 1.80. The predicted octanol–water partition coefficient (Wildman–Crippen LogP) is 2.48. The minimum absolute atomic E-state index is 0.101. The lowest BCUT2D eigenvalue weighted by Gasteiger charge is -2.06. The van der Waals surface area contributed by atoms with Gasteiger partial charge in [0.25, 0.3) is 5.56 Å². The maximum atomic E-state index is 11.5. The zero-order valence-electron chi connectivity index (χ0n) is 12.0. The number of nitrogens with two attached hydrogens (primary N) is 1. The monoisotopic (exact) mass is 305 g/mol. The summed E-state index contributed by atoms with van der Waals surface area (Å²) in [5.41, 5.74) is 7.06. The zero-order valence-corrected chi connectivity index (χ0v) is 12.8. The molecule has 1 aromatic carbocycles. The third-order valence-electron chi connectivity index (χ3n) is 2.75. The van der Waals surface area contributed by atoms with Gasteiger partial charge in [-0.3, -0.25) is 4.79 Å². The summed E-state index contributed by atoms with van der Waals surface area (Å²) in [6, 6.07) is 8.83. The highest BCUT2D eigenvalue weighted by Gasteiger charge is 2.02. The number of nitrogens with one attached hydrogen (secondary N) is 1. The Morgan fingerprint density at radius 2 is 2.10 bits per heavy atom. The molecule has 2 aromatic rings. The number of aryl methyl sites for hydroxylation is 1. The molecule has 0 unspecified atom stereocenters. The molecule has 0 saturated carbocycles. The van der Waals surface area contributed by atoms with Crippen LogP contribution < -0.4 is 16.0 Å². The first-order chi connectivity index (χ1) is 10.2. The molecule has 6 heteroatoms. The molecule has 0 fully saturated rings. The SMILES string of the molecule is CCCc1cc(=O)[nH]c(SCCOc2ccc(N)cc2)n1. The molecule has 0 spiro atoms. The average Bonchev–Trinajstić information content (AvgIpc) is 2.45. The molecule has 0 saturated heterocycles. The van der Waals surface area contributed by atoms with E-state index in [1.807, 2.05) is 12.1 Å². The quantitative estimate of drug-likeness (QED) is 0.355. The lowest BCUT2D eigenvalue weighted by Crippen LogP contribution is -2.11. The van der Waals surface area contributed by atoms with Gasteiger partial charge < -0.3 is 15.5 Å². The van der Waals surface area contributed by atoms with Crippen molar-refractivity contribution in [3.8, 4) is 5.75 Å². The minimum atomic E-state index is -0.101. The van der Waals surface area contributed by atoms with Gasteiger partial charge in [0, 0.05) is 23.2 Å². The summed E-state index contributed by atoms with van der Waals surface area (Å²) in [4.78, 5) is 18.7. The Morgan fingerprint density at radius 3 is 2.81 bits per heavy atom. The molecule has 1 aromatic heterocycles. The number of benzene rings is 1. The van der Waals surface area contributed by atoms with Gasteiger partial charge in [0.05, 0.1) is 6.61 Å². The first-order valence-electron chi connectivity index (χ1n) is 6.88. The Bertz CT molecular complexity index is 626. The number of aromatic amines is 1. The molecule has 0 amide bonds. The summed E-state index contributed by atoms with van der Waals surface area (Å²) < 4.78 is 5.59. The van der Waals surface area contributed by atoms with E-state index in [0.29, 0.717) is 23.2 Å². The molecular weight excluding hydrogens is 286 g/mol. The molecule has 0 bridgehead atoms. The van der Waals surface area contributed by atoms with E-state index in [-0.39, 0.29) is 5.56 Å². The number of hydrogen-bond acceptors (Lipinski definition) is 5. The third-order valence-corrected chi connectivity index (χ3v) is 3.59. The van der Waals surface area contributed by atoms with Crippen LogP contribution >= 0.6 is 11.8 Å². The Labute approximate surface area is 127 Å². The lowest BCUT2D eigenvalue weighted by molar-refractivity contribution is 0.344. The average molecular weight is 305 g/mol. The highest BCUT2D eigenvalue weighted by Crippen LogP contribution is 2.15.